The molecule has 0 aromatic heterocycles. The van der Waals surface area contributed by atoms with E-state index in [-0.39, 0.29) is 5.92 Å². The number of benzene rings is 2. The molecule has 0 heterocycles. The second-order valence-electron chi connectivity index (χ2n) is 4.70. The van der Waals surface area contributed by atoms with Crippen molar-refractivity contribution in [1.82, 2.24) is 0 Å². The maximum Gasteiger partial charge on any atom is 0.133 e. The van der Waals surface area contributed by atoms with Crippen LogP contribution >= 0.6 is 31.9 Å². The van der Waals surface area contributed by atoms with Crippen LogP contribution in [-0.2, 0) is 0 Å². The smallest absolute Gasteiger partial charge is 0.133 e. The summed E-state index contributed by atoms with van der Waals surface area (Å²) in [6, 6.07) is 13.4. The molecule has 5 heteroatoms. The lowest BCUT2D eigenvalue weighted by atomic mass is 9.89. The first-order valence-electron chi connectivity index (χ1n) is 6.54. The maximum atomic E-state index is 10.7. The van der Waals surface area contributed by atoms with Crippen molar-refractivity contribution in [2.24, 2.45) is 5.73 Å². The van der Waals surface area contributed by atoms with Gasteiger partial charge < -0.3 is 15.6 Å². The van der Waals surface area contributed by atoms with Crippen LogP contribution < -0.4 is 10.5 Å². The van der Waals surface area contributed by atoms with Crippen molar-refractivity contribution < 1.29 is 9.84 Å². The van der Waals surface area contributed by atoms with Gasteiger partial charge in [-0.1, -0.05) is 40.2 Å². The van der Waals surface area contributed by atoms with Gasteiger partial charge in [0, 0.05) is 16.9 Å². The fraction of sp³-hybridized carbons (Fsp3) is 0.250. The fourth-order valence-electron chi connectivity index (χ4n) is 2.30. The Morgan fingerprint density at radius 2 is 1.86 bits per heavy atom. The summed E-state index contributed by atoms with van der Waals surface area (Å²) in [4.78, 5) is 0. The number of aliphatic hydroxyl groups excluding tert-OH is 1. The molecule has 2 aromatic rings. The summed E-state index contributed by atoms with van der Waals surface area (Å²) in [6.07, 6.45) is -0.684. The monoisotopic (exact) mass is 413 g/mol. The molecule has 0 aliphatic heterocycles. The van der Waals surface area contributed by atoms with Crippen molar-refractivity contribution in [2.75, 3.05) is 13.7 Å². The topological polar surface area (TPSA) is 55.5 Å². The second-order valence-corrected chi connectivity index (χ2v) is 6.41. The molecule has 0 aliphatic carbocycles. The zero-order valence-corrected chi connectivity index (χ0v) is 14.8. The largest absolute Gasteiger partial charge is 0.496 e. The zero-order valence-electron chi connectivity index (χ0n) is 11.6. The fourth-order valence-corrected chi connectivity index (χ4v) is 3.44. The highest BCUT2D eigenvalue weighted by atomic mass is 79.9. The number of halogens is 2. The molecule has 0 aliphatic rings. The summed E-state index contributed by atoms with van der Waals surface area (Å²) < 4.78 is 6.97. The van der Waals surface area contributed by atoms with Gasteiger partial charge in [-0.25, -0.2) is 0 Å². The molecule has 2 atom stereocenters. The molecule has 3 N–H and O–H groups in total. The molecular weight excluding hydrogens is 398 g/mol. The maximum absolute atomic E-state index is 10.7. The van der Waals surface area contributed by atoms with Crippen LogP contribution in [0.2, 0.25) is 0 Å². The number of nitrogens with two attached hydrogens (primary N) is 1. The van der Waals surface area contributed by atoms with Gasteiger partial charge in [-0.2, -0.15) is 0 Å². The lowest BCUT2D eigenvalue weighted by Crippen LogP contribution is -2.20. The average molecular weight is 415 g/mol. The van der Waals surface area contributed by atoms with Crippen molar-refractivity contribution in [1.29, 1.82) is 0 Å². The molecule has 0 amide bonds. The van der Waals surface area contributed by atoms with Crippen LogP contribution in [-0.4, -0.2) is 18.8 Å². The molecule has 3 nitrogen and oxygen atoms in total. The number of ether oxygens (including phenoxy) is 1. The highest BCUT2D eigenvalue weighted by Gasteiger charge is 2.23. The van der Waals surface area contributed by atoms with Gasteiger partial charge in [-0.05, 0) is 45.3 Å². The molecule has 0 fully saturated rings. The van der Waals surface area contributed by atoms with Gasteiger partial charge in [0.25, 0.3) is 0 Å². The third kappa shape index (κ3) is 3.66. The highest BCUT2D eigenvalue weighted by Crippen LogP contribution is 2.36. The van der Waals surface area contributed by atoms with E-state index in [1.807, 2.05) is 42.5 Å². The van der Waals surface area contributed by atoms with Crippen LogP contribution in [0.1, 0.15) is 23.1 Å². The standard InChI is InChI=1S/C16H17Br2NO2/c1-21-15-7-6-10(8-14(15)18)16(20)12(9-19)11-4-2-3-5-13(11)17/h2-8,12,16,20H,9,19H2,1H3. The van der Waals surface area contributed by atoms with Crippen LogP contribution in [0.25, 0.3) is 0 Å². The van der Waals surface area contributed by atoms with Crippen LogP contribution in [0, 0.1) is 0 Å². The second kappa shape index (κ2) is 7.40. The third-order valence-electron chi connectivity index (χ3n) is 3.46. The predicted molar refractivity (Wildman–Crippen MR) is 91.6 cm³/mol. The number of hydrogen-bond acceptors (Lipinski definition) is 3. The van der Waals surface area contributed by atoms with E-state index in [1.165, 1.54) is 0 Å². The molecule has 2 rings (SSSR count). The molecule has 0 saturated heterocycles. The van der Waals surface area contributed by atoms with Gasteiger partial charge in [-0.15, -0.1) is 0 Å². The molecule has 0 saturated carbocycles. The SMILES string of the molecule is COc1ccc(C(O)C(CN)c2ccccc2Br)cc1Br. The van der Waals surface area contributed by atoms with Crippen molar-refractivity contribution in [3.8, 4) is 5.75 Å². The first-order valence-corrected chi connectivity index (χ1v) is 8.13. The van der Waals surface area contributed by atoms with Crippen molar-refractivity contribution in [3.05, 3.63) is 62.5 Å². The molecule has 0 bridgehead atoms. The lowest BCUT2D eigenvalue weighted by Gasteiger charge is -2.23. The Labute approximate surface area is 141 Å². The lowest BCUT2D eigenvalue weighted by molar-refractivity contribution is 0.147. The third-order valence-corrected chi connectivity index (χ3v) is 4.80. The molecule has 0 spiro atoms. The van der Waals surface area contributed by atoms with E-state index < -0.39 is 6.10 Å². The van der Waals surface area contributed by atoms with E-state index in [0.29, 0.717) is 6.54 Å². The van der Waals surface area contributed by atoms with Gasteiger partial charge in [0.15, 0.2) is 0 Å². The van der Waals surface area contributed by atoms with Gasteiger partial charge in [0.2, 0.25) is 0 Å². The summed E-state index contributed by atoms with van der Waals surface area (Å²) in [6.45, 7) is 0.355. The molecule has 2 unspecified atom stereocenters. The Hall–Kier alpha value is -0.880. The Kier molecular flexibility index (Phi) is 5.81. The van der Waals surface area contributed by atoms with E-state index >= 15 is 0 Å². The summed E-state index contributed by atoms with van der Waals surface area (Å²) in [5.41, 5.74) is 7.69. The minimum Gasteiger partial charge on any atom is -0.496 e. The van der Waals surface area contributed by atoms with Gasteiger partial charge in [0.05, 0.1) is 17.7 Å². The normalized spacial score (nSPS) is 13.8. The molecule has 0 radical (unpaired) electrons. The Morgan fingerprint density at radius 3 is 2.43 bits per heavy atom. The van der Waals surface area contributed by atoms with Crippen LogP contribution in [0.3, 0.4) is 0 Å². The van der Waals surface area contributed by atoms with Gasteiger partial charge >= 0.3 is 0 Å². The van der Waals surface area contributed by atoms with Crippen molar-refractivity contribution >= 4 is 31.9 Å². The molecular formula is C16H17Br2NO2. The quantitative estimate of drug-likeness (QED) is 0.777. The predicted octanol–water partition coefficient (Wildman–Crippen LogP) is 4.00. The minimum absolute atomic E-state index is 0.180. The first-order chi connectivity index (χ1) is 10.1. The van der Waals surface area contributed by atoms with Gasteiger partial charge in [-0.3, -0.25) is 0 Å². The van der Waals surface area contributed by atoms with E-state index in [2.05, 4.69) is 31.9 Å². The van der Waals surface area contributed by atoms with Crippen LogP contribution in [0.15, 0.2) is 51.4 Å². The Morgan fingerprint density at radius 1 is 1.14 bits per heavy atom. The van der Waals surface area contributed by atoms with E-state index in [0.717, 1.165) is 25.8 Å². The number of aliphatic hydroxyl groups is 1. The number of methoxy groups -OCH3 is 1. The summed E-state index contributed by atoms with van der Waals surface area (Å²) >= 11 is 6.96. The van der Waals surface area contributed by atoms with Crippen molar-refractivity contribution in [2.45, 2.75) is 12.0 Å². The Balaban J connectivity index is 2.34. The minimum atomic E-state index is -0.684. The summed E-state index contributed by atoms with van der Waals surface area (Å²) in [7, 11) is 1.61. The van der Waals surface area contributed by atoms with Crippen molar-refractivity contribution in [3.63, 3.8) is 0 Å². The van der Waals surface area contributed by atoms with Crippen LogP contribution in [0.5, 0.6) is 5.75 Å². The molecule has 2 aromatic carbocycles. The average Bonchev–Trinajstić information content (AvgIpc) is 2.49. The zero-order chi connectivity index (χ0) is 15.4. The van der Waals surface area contributed by atoms with E-state index in [9.17, 15) is 5.11 Å². The molecule has 21 heavy (non-hydrogen) atoms. The molecule has 112 valence electrons. The Bertz CT molecular complexity index is 619. The first kappa shape index (κ1) is 16.5. The van der Waals surface area contributed by atoms with Crippen LogP contribution in [0.4, 0.5) is 0 Å². The van der Waals surface area contributed by atoms with E-state index in [4.69, 9.17) is 10.5 Å². The number of hydrogen-bond donors (Lipinski definition) is 2. The summed E-state index contributed by atoms with van der Waals surface area (Å²) in [5, 5.41) is 10.7. The summed E-state index contributed by atoms with van der Waals surface area (Å²) in [5.74, 6) is 0.553. The highest BCUT2D eigenvalue weighted by molar-refractivity contribution is 9.10. The number of rotatable bonds is 5. The van der Waals surface area contributed by atoms with Gasteiger partial charge in [0.1, 0.15) is 5.75 Å². The van der Waals surface area contributed by atoms with E-state index in [1.54, 1.807) is 7.11 Å².